The van der Waals surface area contributed by atoms with E-state index in [2.05, 4.69) is 0 Å². The van der Waals surface area contributed by atoms with Gasteiger partial charge in [0.1, 0.15) is 0 Å². The molecule has 2 aliphatic rings. The van der Waals surface area contributed by atoms with E-state index >= 15 is 0 Å². The van der Waals surface area contributed by atoms with E-state index in [1.165, 1.54) is 13.2 Å². The van der Waals surface area contributed by atoms with Crippen molar-refractivity contribution < 1.29 is 28.9 Å². The molecule has 0 saturated carbocycles. The maximum atomic E-state index is 13.0. The Hall–Kier alpha value is -1.99. The van der Waals surface area contributed by atoms with E-state index < -0.39 is 11.4 Å². The third kappa shape index (κ3) is 3.10. The van der Waals surface area contributed by atoms with Gasteiger partial charge >= 0.3 is 5.97 Å². The summed E-state index contributed by atoms with van der Waals surface area (Å²) in [7, 11) is 1.48. The van der Waals surface area contributed by atoms with E-state index in [1.807, 2.05) is 6.92 Å². The van der Waals surface area contributed by atoms with Crippen LogP contribution in [0.15, 0.2) is 12.1 Å². The minimum Gasteiger partial charge on any atom is -0.493 e. The number of aliphatic carboxylic acids is 1. The summed E-state index contributed by atoms with van der Waals surface area (Å²) in [4.78, 5) is 26.4. The van der Waals surface area contributed by atoms with Crippen molar-refractivity contribution in [3.05, 3.63) is 22.7 Å². The number of benzene rings is 1. The van der Waals surface area contributed by atoms with Gasteiger partial charge in [0.2, 0.25) is 0 Å². The molecule has 3 rings (SSSR count). The second-order valence-electron chi connectivity index (χ2n) is 6.59. The first-order valence-corrected chi connectivity index (χ1v) is 8.91. The van der Waals surface area contributed by atoms with Gasteiger partial charge in [0, 0.05) is 31.2 Å². The summed E-state index contributed by atoms with van der Waals surface area (Å²) in [6.07, 6.45) is 0.407. The number of ether oxygens (including phenoxy) is 3. The van der Waals surface area contributed by atoms with Crippen molar-refractivity contribution in [3.63, 3.8) is 0 Å². The molecule has 0 aromatic heterocycles. The van der Waals surface area contributed by atoms with Crippen molar-refractivity contribution in [1.82, 2.24) is 4.90 Å². The summed E-state index contributed by atoms with van der Waals surface area (Å²) in [6, 6.07) is 3.11. The highest BCUT2D eigenvalue weighted by Crippen LogP contribution is 2.43. The number of carbonyl (C=O) groups is 2. The van der Waals surface area contributed by atoms with E-state index in [9.17, 15) is 14.7 Å². The molecule has 8 heteroatoms. The Bertz CT molecular complexity index is 724. The molecule has 1 aromatic rings. The normalized spacial score (nSPS) is 24.9. The zero-order valence-corrected chi connectivity index (χ0v) is 15.5. The lowest BCUT2D eigenvalue weighted by Crippen LogP contribution is -2.45. The van der Waals surface area contributed by atoms with Gasteiger partial charge in [-0.25, -0.2) is 0 Å². The summed E-state index contributed by atoms with van der Waals surface area (Å²) < 4.78 is 16.2. The number of carboxylic acid groups (broad SMARTS) is 1. The number of likely N-dealkylation sites (tertiary alicyclic amines) is 1. The number of carboxylic acids is 1. The Kier molecular flexibility index (Phi) is 5.29. The quantitative estimate of drug-likeness (QED) is 0.839. The highest BCUT2D eigenvalue weighted by Gasteiger charge is 2.55. The fourth-order valence-corrected chi connectivity index (χ4v) is 4.03. The van der Waals surface area contributed by atoms with Crippen LogP contribution >= 0.6 is 11.6 Å². The van der Waals surface area contributed by atoms with Crippen LogP contribution < -0.4 is 9.47 Å². The molecule has 0 unspecified atom stereocenters. The van der Waals surface area contributed by atoms with Crippen molar-refractivity contribution in [3.8, 4) is 11.5 Å². The third-order valence-corrected chi connectivity index (χ3v) is 5.47. The number of methoxy groups -OCH3 is 1. The molecule has 142 valence electrons. The molecular formula is C18H22ClNO6. The molecule has 2 fully saturated rings. The Morgan fingerprint density at radius 1 is 1.46 bits per heavy atom. The number of hydrogen-bond donors (Lipinski definition) is 1. The summed E-state index contributed by atoms with van der Waals surface area (Å²) in [5.74, 6) is -0.598. The van der Waals surface area contributed by atoms with Crippen LogP contribution in [-0.4, -0.2) is 61.9 Å². The molecule has 1 aromatic carbocycles. The van der Waals surface area contributed by atoms with Crippen LogP contribution in [0.5, 0.6) is 11.5 Å². The summed E-state index contributed by atoms with van der Waals surface area (Å²) >= 11 is 6.25. The fraction of sp³-hybridized carbons (Fsp3) is 0.556. The standard InChI is InChI=1S/C18H22ClNO6/c1-3-26-15-13(19)6-11(7-14(15)24-2)16(21)20-8-12-9-25-5-4-18(12,10-20)17(22)23/h6-7,12H,3-5,8-10H2,1-2H3,(H,22,23)/t12-,18+/m0/s1. The minimum absolute atomic E-state index is 0.169. The second kappa shape index (κ2) is 7.32. The van der Waals surface area contributed by atoms with Gasteiger partial charge in [0.05, 0.1) is 30.8 Å². The largest absolute Gasteiger partial charge is 0.493 e. The number of fused-ring (bicyclic) bond motifs is 1. The average Bonchev–Trinajstić information content (AvgIpc) is 3.03. The minimum atomic E-state index is -0.937. The van der Waals surface area contributed by atoms with Crippen molar-refractivity contribution in [2.75, 3.05) is 40.0 Å². The molecular weight excluding hydrogens is 362 g/mol. The zero-order chi connectivity index (χ0) is 18.9. The molecule has 0 aliphatic carbocycles. The van der Waals surface area contributed by atoms with Crippen LogP contribution in [0.25, 0.3) is 0 Å². The Balaban J connectivity index is 1.88. The lowest BCUT2D eigenvalue weighted by Gasteiger charge is -2.33. The number of amides is 1. The molecule has 2 heterocycles. The predicted molar refractivity (Wildman–Crippen MR) is 94.1 cm³/mol. The van der Waals surface area contributed by atoms with Crippen LogP contribution in [0.4, 0.5) is 0 Å². The molecule has 2 saturated heterocycles. The van der Waals surface area contributed by atoms with E-state index in [4.69, 9.17) is 25.8 Å². The molecule has 0 radical (unpaired) electrons. The Morgan fingerprint density at radius 3 is 2.85 bits per heavy atom. The van der Waals surface area contributed by atoms with Gasteiger partial charge in [-0.2, -0.15) is 0 Å². The number of hydrogen-bond acceptors (Lipinski definition) is 5. The van der Waals surface area contributed by atoms with Crippen molar-refractivity contribution in [2.24, 2.45) is 11.3 Å². The highest BCUT2D eigenvalue weighted by atomic mass is 35.5. The third-order valence-electron chi connectivity index (χ3n) is 5.19. The number of halogens is 1. The van der Waals surface area contributed by atoms with Crippen molar-refractivity contribution in [1.29, 1.82) is 0 Å². The number of rotatable bonds is 5. The lowest BCUT2D eigenvalue weighted by atomic mass is 9.74. The molecule has 0 spiro atoms. The zero-order valence-electron chi connectivity index (χ0n) is 14.8. The van der Waals surface area contributed by atoms with Gasteiger partial charge in [0.15, 0.2) is 11.5 Å². The van der Waals surface area contributed by atoms with Gasteiger partial charge in [-0.3, -0.25) is 9.59 Å². The smallest absolute Gasteiger partial charge is 0.311 e. The van der Waals surface area contributed by atoms with Gasteiger partial charge in [-0.05, 0) is 25.5 Å². The first kappa shape index (κ1) is 18.8. The molecule has 1 N–H and O–H groups in total. The highest BCUT2D eigenvalue weighted by molar-refractivity contribution is 6.32. The van der Waals surface area contributed by atoms with Crippen LogP contribution in [0, 0.1) is 11.3 Å². The van der Waals surface area contributed by atoms with Gasteiger partial charge in [0.25, 0.3) is 5.91 Å². The van der Waals surface area contributed by atoms with Crippen LogP contribution in [0.3, 0.4) is 0 Å². The first-order valence-electron chi connectivity index (χ1n) is 8.53. The Morgan fingerprint density at radius 2 is 2.23 bits per heavy atom. The van der Waals surface area contributed by atoms with Crippen LogP contribution in [0.2, 0.25) is 5.02 Å². The fourth-order valence-electron chi connectivity index (χ4n) is 3.76. The summed E-state index contributed by atoms with van der Waals surface area (Å²) in [6.45, 7) is 3.50. The average molecular weight is 384 g/mol. The summed E-state index contributed by atoms with van der Waals surface area (Å²) in [5.41, 5.74) is -0.594. The topological polar surface area (TPSA) is 85.3 Å². The first-order chi connectivity index (χ1) is 12.4. The monoisotopic (exact) mass is 383 g/mol. The molecule has 0 bridgehead atoms. The number of carbonyl (C=O) groups excluding carboxylic acids is 1. The van der Waals surface area contributed by atoms with Crippen molar-refractivity contribution >= 4 is 23.5 Å². The van der Waals surface area contributed by atoms with E-state index in [0.717, 1.165) is 0 Å². The van der Waals surface area contributed by atoms with E-state index in [0.29, 0.717) is 49.8 Å². The van der Waals surface area contributed by atoms with Gasteiger partial charge < -0.3 is 24.2 Å². The molecule has 2 atom stereocenters. The van der Waals surface area contributed by atoms with Crippen molar-refractivity contribution in [2.45, 2.75) is 13.3 Å². The van der Waals surface area contributed by atoms with E-state index in [1.54, 1.807) is 11.0 Å². The van der Waals surface area contributed by atoms with Gasteiger partial charge in [-0.15, -0.1) is 0 Å². The molecule has 26 heavy (non-hydrogen) atoms. The van der Waals surface area contributed by atoms with Gasteiger partial charge in [-0.1, -0.05) is 11.6 Å². The van der Waals surface area contributed by atoms with Crippen LogP contribution in [-0.2, 0) is 9.53 Å². The number of nitrogens with zero attached hydrogens (tertiary/aromatic N) is 1. The van der Waals surface area contributed by atoms with E-state index in [-0.39, 0.29) is 23.4 Å². The maximum absolute atomic E-state index is 13.0. The van der Waals surface area contributed by atoms with Crippen LogP contribution in [0.1, 0.15) is 23.7 Å². The maximum Gasteiger partial charge on any atom is 0.311 e. The SMILES string of the molecule is CCOc1c(Cl)cc(C(=O)N2C[C@H]3COCC[C@@]3(C(=O)O)C2)cc1OC. The second-order valence-corrected chi connectivity index (χ2v) is 7.00. The molecule has 1 amide bonds. The lowest BCUT2D eigenvalue weighted by molar-refractivity contribution is -0.157. The molecule has 2 aliphatic heterocycles. The predicted octanol–water partition coefficient (Wildman–Crippen LogP) is 2.31. The Labute approximate surface area is 156 Å². The summed E-state index contributed by atoms with van der Waals surface area (Å²) in [5, 5.41) is 10.0. The molecule has 7 nitrogen and oxygen atoms in total.